The van der Waals surface area contributed by atoms with Gasteiger partial charge in [-0.05, 0) is 13.0 Å². The monoisotopic (exact) mass is 344 g/mol. The van der Waals surface area contributed by atoms with Crippen LogP contribution in [0, 0.1) is 0 Å². The third kappa shape index (κ3) is 5.52. The second-order valence-corrected chi connectivity index (χ2v) is 6.69. The van der Waals surface area contributed by atoms with Crippen LogP contribution in [0.5, 0.6) is 5.75 Å². The topological polar surface area (TPSA) is 71.7 Å². The number of oxazole rings is 1. The van der Waals surface area contributed by atoms with Crippen LogP contribution in [-0.2, 0) is 18.5 Å². The molecule has 1 aromatic heterocycles. The molecule has 2 rings (SSSR count). The quantitative estimate of drug-likeness (QED) is 0.622. The van der Waals surface area contributed by atoms with Gasteiger partial charge in [0.05, 0.1) is 19.3 Å². The highest BCUT2D eigenvalue weighted by Crippen LogP contribution is 2.22. The van der Waals surface area contributed by atoms with Crippen LogP contribution in [0.4, 0.5) is 0 Å². The molecule has 0 atom stereocenters. The van der Waals surface area contributed by atoms with Crippen LogP contribution < -0.4 is 15.4 Å². The summed E-state index contributed by atoms with van der Waals surface area (Å²) in [5, 5.41) is 6.50. The van der Waals surface area contributed by atoms with Crippen LogP contribution in [0.25, 0.3) is 0 Å². The smallest absolute Gasteiger partial charge is 0.213 e. The van der Waals surface area contributed by atoms with Crippen molar-refractivity contribution >= 4 is 5.96 Å². The van der Waals surface area contributed by atoms with Crippen LogP contribution in [0.1, 0.15) is 44.9 Å². The van der Waals surface area contributed by atoms with Crippen LogP contribution >= 0.6 is 0 Å². The van der Waals surface area contributed by atoms with Gasteiger partial charge in [0.15, 0.2) is 5.96 Å². The van der Waals surface area contributed by atoms with E-state index >= 15 is 0 Å². The lowest BCUT2D eigenvalue weighted by Gasteiger charge is -2.14. The molecule has 0 aliphatic rings. The SMILES string of the molecule is CCOc1ccccc1CNC(=NC)NCc1ncc(C(C)(C)C)o1. The lowest BCUT2D eigenvalue weighted by atomic mass is 9.94. The molecule has 0 saturated carbocycles. The molecule has 25 heavy (non-hydrogen) atoms. The molecule has 6 nitrogen and oxygen atoms in total. The Morgan fingerprint density at radius 3 is 2.56 bits per heavy atom. The molecule has 0 fully saturated rings. The fourth-order valence-corrected chi connectivity index (χ4v) is 2.24. The van der Waals surface area contributed by atoms with E-state index in [9.17, 15) is 0 Å². The predicted molar refractivity (Wildman–Crippen MR) is 99.9 cm³/mol. The molecule has 0 bridgehead atoms. The van der Waals surface area contributed by atoms with E-state index in [1.54, 1.807) is 13.2 Å². The molecule has 0 aliphatic heterocycles. The normalized spacial score (nSPS) is 12.1. The Kier molecular flexibility index (Phi) is 6.44. The van der Waals surface area contributed by atoms with Gasteiger partial charge < -0.3 is 19.8 Å². The molecule has 0 unspecified atom stereocenters. The Labute approximate surface area is 149 Å². The maximum atomic E-state index is 5.78. The van der Waals surface area contributed by atoms with E-state index in [-0.39, 0.29) is 5.41 Å². The average molecular weight is 344 g/mol. The molecular weight excluding hydrogens is 316 g/mol. The van der Waals surface area contributed by atoms with Gasteiger partial charge in [0.25, 0.3) is 0 Å². The summed E-state index contributed by atoms with van der Waals surface area (Å²) in [4.78, 5) is 8.55. The van der Waals surface area contributed by atoms with Crippen molar-refractivity contribution in [3.63, 3.8) is 0 Å². The van der Waals surface area contributed by atoms with E-state index in [4.69, 9.17) is 9.15 Å². The van der Waals surface area contributed by atoms with E-state index in [0.717, 1.165) is 17.1 Å². The van der Waals surface area contributed by atoms with Gasteiger partial charge in [-0.1, -0.05) is 39.0 Å². The summed E-state index contributed by atoms with van der Waals surface area (Å²) in [5.74, 6) is 3.08. The number of aliphatic imine (C=N–C) groups is 1. The number of hydrogen-bond acceptors (Lipinski definition) is 4. The summed E-state index contributed by atoms with van der Waals surface area (Å²) in [6.45, 7) is 10.0. The number of rotatable bonds is 6. The van der Waals surface area contributed by atoms with Crippen molar-refractivity contribution in [1.29, 1.82) is 0 Å². The second-order valence-electron chi connectivity index (χ2n) is 6.69. The van der Waals surface area contributed by atoms with Crippen LogP contribution in [0.2, 0.25) is 0 Å². The van der Waals surface area contributed by atoms with E-state index in [2.05, 4.69) is 41.4 Å². The fourth-order valence-electron chi connectivity index (χ4n) is 2.24. The minimum Gasteiger partial charge on any atom is -0.494 e. The third-order valence-electron chi connectivity index (χ3n) is 3.64. The largest absolute Gasteiger partial charge is 0.494 e. The number of nitrogens with zero attached hydrogens (tertiary/aromatic N) is 2. The Morgan fingerprint density at radius 2 is 1.92 bits per heavy atom. The molecule has 0 amide bonds. The minimum atomic E-state index is -0.0475. The molecule has 0 aliphatic carbocycles. The Bertz CT molecular complexity index is 701. The summed E-state index contributed by atoms with van der Waals surface area (Å²) in [6.07, 6.45) is 1.78. The highest BCUT2D eigenvalue weighted by Gasteiger charge is 2.19. The zero-order valence-electron chi connectivity index (χ0n) is 15.7. The molecule has 1 heterocycles. The lowest BCUT2D eigenvalue weighted by molar-refractivity contribution is 0.336. The zero-order chi connectivity index (χ0) is 18.3. The van der Waals surface area contributed by atoms with E-state index < -0.39 is 0 Å². The number of hydrogen-bond donors (Lipinski definition) is 2. The molecule has 136 valence electrons. The Morgan fingerprint density at radius 1 is 1.20 bits per heavy atom. The third-order valence-corrected chi connectivity index (χ3v) is 3.64. The number of ether oxygens (including phenoxy) is 1. The van der Waals surface area contributed by atoms with Crippen molar-refractivity contribution in [2.45, 2.75) is 46.2 Å². The van der Waals surface area contributed by atoms with Gasteiger partial charge in [0.2, 0.25) is 5.89 Å². The first-order valence-corrected chi connectivity index (χ1v) is 8.54. The summed E-state index contributed by atoms with van der Waals surface area (Å²) < 4.78 is 11.4. The summed E-state index contributed by atoms with van der Waals surface area (Å²) in [6, 6.07) is 7.97. The summed E-state index contributed by atoms with van der Waals surface area (Å²) >= 11 is 0. The first-order chi connectivity index (χ1) is 11.9. The van der Waals surface area contributed by atoms with Crippen molar-refractivity contribution in [3.05, 3.63) is 47.7 Å². The summed E-state index contributed by atoms with van der Waals surface area (Å²) in [7, 11) is 1.74. The van der Waals surface area contributed by atoms with Crippen LogP contribution in [0.15, 0.2) is 39.9 Å². The first kappa shape index (κ1) is 18.8. The van der Waals surface area contributed by atoms with Crippen LogP contribution in [-0.4, -0.2) is 24.6 Å². The van der Waals surface area contributed by atoms with Gasteiger partial charge in [-0.3, -0.25) is 4.99 Å². The zero-order valence-corrected chi connectivity index (χ0v) is 15.7. The van der Waals surface area contributed by atoms with Gasteiger partial charge in [-0.25, -0.2) is 4.98 Å². The molecule has 1 aromatic carbocycles. The predicted octanol–water partition coefficient (Wildman–Crippen LogP) is 3.24. The maximum Gasteiger partial charge on any atom is 0.213 e. The van der Waals surface area contributed by atoms with E-state index in [0.29, 0.717) is 31.5 Å². The number of aromatic nitrogens is 1. The van der Waals surface area contributed by atoms with Gasteiger partial charge in [-0.2, -0.15) is 0 Å². The Hall–Kier alpha value is -2.50. The second kappa shape index (κ2) is 8.55. The number of guanidine groups is 1. The highest BCUT2D eigenvalue weighted by molar-refractivity contribution is 5.79. The minimum absolute atomic E-state index is 0.0475. The van der Waals surface area contributed by atoms with Gasteiger partial charge >= 0.3 is 0 Å². The number of benzene rings is 1. The molecule has 0 radical (unpaired) electrons. The van der Waals surface area contributed by atoms with Crippen molar-refractivity contribution in [2.24, 2.45) is 4.99 Å². The fraction of sp³-hybridized carbons (Fsp3) is 0.474. The standard InChI is InChI=1S/C19H28N4O2/c1-6-24-15-10-8-7-9-14(15)11-22-18(20-5)23-13-17-21-12-16(25-17)19(2,3)4/h7-10,12H,6,11,13H2,1-5H3,(H2,20,22,23). The highest BCUT2D eigenvalue weighted by atomic mass is 16.5. The maximum absolute atomic E-state index is 5.78. The summed E-state index contributed by atoms with van der Waals surface area (Å²) in [5.41, 5.74) is 1.03. The van der Waals surface area contributed by atoms with Gasteiger partial charge in [0, 0.05) is 24.6 Å². The van der Waals surface area contributed by atoms with Gasteiger partial charge in [-0.15, -0.1) is 0 Å². The Balaban J connectivity index is 1.90. The van der Waals surface area contributed by atoms with E-state index in [1.165, 1.54) is 0 Å². The average Bonchev–Trinajstić information content (AvgIpc) is 3.06. The molecule has 0 saturated heterocycles. The van der Waals surface area contributed by atoms with E-state index in [1.807, 2.05) is 31.2 Å². The molecule has 2 aromatic rings. The van der Waals surface area contributed by atoms with Crippen molar-refractivity contribution in [3.8, 4) is 5.75 Å². The number of para-hydroxylation sites is 1. The van der Waals surface area contributed by atoms with Crippen LogP contribution in [0.3, 0.4) is 0 Å². The van der Waals surface area contributed by atoms with Crippen molar-refractivity contribution in [2.75, 3.05) is 13.7 Å². The molecular formula is C19H28N4O2. The lowest BCUT2D eigenvalue weighted by Crippen LogP contribution is -2.36. The molecule has 6 heteroatoms. The van der Waals surface area contributed by atoms with Crippen molar-refractivity contribution < 1.29 is 9.15 Å². The van der Waals surface area contributed by atoms with Gasteiger partial charge in [0.1, 0.15) is 11.5 Å². The molecule has 0 spiro atoms. The first-order valence-electron chi connectivity index (χ1n) is 8.54. The molecule has 2 N–H and O–H groups in total. The number of nitrogens with one attached hydrogen (secondary N) is 2. The van der Waals surface area contributed by atoms with Crippen molar-refractivity contribution in [1.82, 2.24) is 15.6 Å².